The molecule has 0 atom stereocenters. The quantitative estimate of drug-likeness (QED) is 0.504. The van der Waals surface area contributed by atoms with Crippen molar-refractivity contribution in [2.75, 3.05) is 0 Å². The SMILES string of the molecule is [CH2]C=NC(=O)c1ccccc1C=O. The highest BCUT2D eigenvalue weighted by atomic mass is 16.1. The number of rotatable bonds is 2. The first-order valence-electron chi connectivity index (χ1n) is 3.70. The van der Waals surface area contributed by atoms with Gasteiger partial charge in [0.2, 0.25) is 0 Å². The van der Waals surface area contributed by atoms with E-state index in [1.165, 1.54) is 0 Å². The molecule has 0 N–H and O–H groups in total. The minimum atomic E-state index is -0.447. The van der Waals surface area contributed by atoms with Gasteiger partial charge in [0.1, 0.15) is 0 Å². The van der Waals surface area contributed by atoms with E-state index in [-0.39, 0.29) is 0 Å². The zero-order chi connectivity index (χ0) is 9.68. The molecule has 0 saturated carbocycles. The lowest BCUT2D eigenvalue weighted by Gasteiger charge is -1.97. The smallest absolute Gasteiger partial charge is 0.277 e. The molecule has 1 aromatic rings. The maximum Gasteiger partial charge on any atom is 0.277 e. The zero-order valence-electron chi connectivity index (χ0n) is 6.93. The summed E-state index contributed by atoms with van der Waals surface area (Å²) in [5.41, 5.74) is 0.649. The molecule has 0 aliphatic carbocycles. The highest BCUT2D eigenvalue weighted by molar-refractivity contribution is 6.04. The summed E-state index contributed by atoms with van der Waals surface area (Å²) in [7, 11) is 0. The third kappa shape index (κ3) is 2.08. The van der Waals surface area contributed by atoms with Crippen molar-refractivity contribution < 1.29 is 9.59 Å². The molecule has 0 unspecified atom stereocenters. The van der Waals surface area contributed by atoms with Crippen LogP contribution >= 0.6 is 0 Å². The summed E-state index contributed by atoms with van der Waals surface area (Å²) in [5.74, 6) is -0.447. The summed E-state index contributed by atoms with van der Waals surface area (Å²) in [6.07, 6.45) is 1.79. The summed E-state index contributed by atoms with van der Waals surface area (Å²) in [6, 6.07) is 6.49. The second kappa shape index (κ2) is 4.30. The standard InChI is InChI=1S/C10H8NO2/c1-2-11-10(13)9-6-4-3-5-8(9)7-12/h2-7H,1H2. The topological polar surface area (TPSA) is 46.5 Å². The highest BCUT2D eigenvalue weighted by Crippen LogP contribution is 2.07. The summed E-state index contributed by atoms with van der Waals surface area (Å²) >= 11 is 0. The van der Waals surface area contributed by atoms with E-state index in [2.05, 4.69) is 11.9 Å². The number of benzene rings is 1. The molecular formula is C10H8NO2. The molecule has 3 heteroatoms. The molecule has 0 saturated heterocycles. The van der Waals surface area contributed by atoms with Gasteiger partial charge >= 0.3 is 0 Å². The van der Waals surface area contributed by atoms with Crippen LogP contribution in [0.15, 0.2) is 29.3 Å². The van der Waals surface area contributed by atoms with Crippen LogP contribution in [0.5, 0.6) is 0 Å². The Morgan fingerprint density at radius 3 is 2.69 bits per heavy atom. The minimum absolute atomic E-state index is 0.303. The lowest BCUT2D eigenvalue weighted by Crippen LogP contribution is -1.99. The maximum absolute atomic E-state index is 11.2. The Hall–Kier alpha value is -1.77. The molecule has 1 amide bonds. The van der Waals surface area contributed by atoms with E-state index in [9.17, 15) is 9.59 Å². The summed E-state index contributed by atoms with van der Waals surface area (Å²) in [4.78, 5) is 25.2. The van der Waals surface area contributed by atoms with Gasteiger partial charge in [-0.25, -0.2) is 4.99 Å². The molecule has 0 aliphatic rings. The number of carbonyl (C=O) groups is 2. The largest absolute Gasteiger partial charge is 0.298 e. The van der Waals surface area contributed by atoms with Crippen molar-refractivity contribution >= 4 is 18.4 Å². The maximum atomic E-state index is 11.2. The normalized spacial score (nSPS) is 10.2. The van der Waals surface area contributed by atoms with E-state index in [4.69, 9.17) is 0 Å². The highest BCUT2D eigenvalue weighted by Gasteiger charge is 2.07. The van der Waals surface area contributed by atoms with Crippen molar-refractivity contribution in [1.29, 1.82) is 0 Å². The molecule has 0 fully saturated rings. The van der Waals surface area contributed by atoms with Crippen molar-refractivity contribution in [2.45, 2.75) is 0 Å². The molecule has 13 heavy (non-hydrogen) atoms. The van der Waals surface area contributed by atoms with Gasteiger partial charge in [0, 0.05) is 11.8 Å². The number of aldehydes is 1. The van der Waals surface area contributed by atoms with Gasteiger partial charge in [0.05, 0.1) is 5.56 Å². The predicted octanol–water partition coefficient (Wildman–Crippen LogP) is 1.54. The van der Waals surface area contributed by atoms with Crippen LogP contribution in [0.1, 0.15) is 20.7 Å². The van der Waals surface area contributed by atoms with Gasteiger partial charge in [-0.2, -0.15) is 0 Å². The molecule has 0 aromatic heterocycles. The monoisotopic (exact) mass is 174 g/mol. The summed E-state index contributed by atoms with van der Waals surface area (Å²) in [6.45, 7) is 3.31. The van der Waals surface area contributed by atoms with Crippen LogP contribution in [-0.4, -0.2) is 18.4 Å². The molecule has 0 heterocycles. The van der Waals surface area contributed by atoms with Gasteiger partial charge < -0.3 is 0 Å². The number of amides is 1. The zero-order valence-corrected chi connectivity index (χ0v) is 6.93. The van der Waals surface area contributed by atoms with Crippen LogP contribution in [0, 0.1) is 6.92 Å². The molecule has 1 aromatic carbocycles. The minimum Gasteiger partial charge on any atom is -0.298 e. The molecule has 1 rings (SSSR count). The Labute approximate surface area is 76.1 Å². The van der Waals surface area contributed by atoms with Crippen LogP contribution < -0.4 is 0 Å². The van der Waals surface area contributed by atoms with Crippen molar-refractivity contribution in [1.82, 2.24) is 0 Å². The number of carbonyl (C=O) groups excluding carboxylic acids is 2. The number of hydrogen-bond acceptors (Lipinski definition) is 2. The molecule has 65 valence electrons. The fourth-order valence-electron chi connectivity index (χ4n) is 0.947. The molecule has 0 spiro atoms. The van der Waals surface area contributed by atoms with Crippen LogP contribution in [0.3, 0.4) is 0 Å². The fourth-order valence-corrected chi connectivity index (χ4v) is 0.947. The lowest BCUT2D eigenvalue weighted by molar-refractivity contribution is 0.0996. The van der Waals surface area contributed by atoms with Crippen LogP contribution in [0.4, 0.5) is 0 Å². The number of nitrogens with zero attached hydrogens (tertiary/aromatic N) is 1. The average molecular weight is 174 g/mol. The van der Waals surface area contributed by atoms with Crippen LogP contribution in [0.2, 0.25) is 0 Å². The Bertz CT molecular complexity index is 356. The van der Waals surface area contributed by atoms with Crippen molar-refractivity contribution in [3.05, 3.63) is 42.3 Å². The fraction of sp³-hybridized carbons (Fsp3) is 0. The van der Waals surface area contributed by atoms with Gasteiger partial charge in [-0.05, 0) is 13.0 Å². The number of aliphatic imine (C=N–C) groups is 1. The van der Waals surface area contributed by atoms with E-state index < -0.39 is 5.91 Å². The second-order valence-electron chi connectivity index (χ2n) is 2.32. The molecule has 1 radical (unpaired) electrons. The molecule has 0 bridgehead atoms. The van der Waals surface area contributed by atoms with Gasteiger partial charge in [-0.15, -0.1) is 0 Å². The van der Waals surface area contributed by atoms with E-state index in [0.717, 1.165) is 6.21 Å². The second-order valence-corrected chi connectivity index (χ2v) is 2.32. The third-order valence-electron chi connectivity index (χ3n) is 1.53. The first-order valence-corrected chi connectivity index (χ1v) is 3.70. The third-order valence-corrected chi connectivity index (χ3v) is 1.53. The molecule has 3 nitrogen and oxygen atoms in total. The van der Waals surface area contributed by atoms with E-state index in [1.54, 1.807) is 24.3 Å². The van der Waals surface area contributed by atoms with E-state index >= 15 is 0 Å². The van der Waals surface area contributed by atoms with E-state index in [0.29, 0.717) is 17.4 Å². The van der Waals surface area contributed by atoms with Crippen molar-refractivity contribution in [2.24, 2.45) is 4.99 Å². The van der Waals surface area contributed by atoms with Gasteiger partial charge in [-0.1, -0.05) is 18.2 Å². The summed E-state index contributed by atoms with van der Waals surface area (Å²) in [5, 5.41) is 0. The van der Waals surface area contributed by atoms with Crippen molar-refractivity contribution in [3.63, 3.8) is 0 Å². The van der Waals surface area contributed by atoms with E-state index in [1.807, 2.05) is 0 Å². The van der Waals surface area contributed by atoms with Gasteiger partial charge in [-0.3, -0.25) is 9.59 Å². The molecule has 0 aliphatic heterocycles. The Morgan fingerprint density at radius 2 is 2.08 bits per heavy atom. The molecular weight excluding hydrogens is 166 g/mol. The van der Waals surface area contributed by atoms with Crippen LogP contribution in [0.25, 0.3) is 0 Å². The predicted molar refractivity (Wildman–Crippen MR) is 50.0 cm³/mol. The first kappa shape index (κ1) is 9.32. The van der Waals surface area contributed by atoms with Crippen molar-refractivity contribution in [3.8, 4) is 0 Å². The van der Waals surface area contributed by atoms with Gasteiger partial charge in [0.25, 0.3) is 5.91 Å². The Morgan fingerprint density at radius 1 is 1.38 bits per heavy atom. The Kier molecular flexibility index (Phi) is 3.09. The van der Waals surface area contributed by atoms with Gasteiger partial charge in [0.15, 0.2) is 6.29 Å². The first-order chi connectivity index (χ1) is 6.29. The lowest BCUT2D eigenvalue weighted by atomic mass is 10.1. The summed E-state index contributed by atoms with van der Waals surface area (Å²) < 4.78 is 0. The Balaban J connectivity index is 3.12. The van der Waals surface area contributed by atoms with Crippen LogP contribution in [-0.2, 0) is 0 Å². The number of hydrogen-bond donors (Lipinski definition) is 0. The average Bonchev–Trinajstić information content (AvgIpc) is 2.18.